The van der Waals surface area contributed by atoms with Crippen molar-refractivity contribution in [3.05, 3.63) is 10.6 Å². The van der Waals surface area contributed by atoms with E-state index in [1.54, 1.807) is 0 Å². The van der Waals surface area contributed by atoms with Crippen molar-refractivity contribution in [1.82, 2.24) is 20.2 Å². The van der Waals surface area contributed by atoms with Gasteiger partial charge in [0.15, 0.2) is 0 Å². The van der Waals surface area contributed by atoms with E-state index < -0.39 is 0 Å². The predicted octanol–water partition coefficient (Wildman–Crippen LogP) is 2.14. The van der Waals surface area contributed by atoms with Crippen LogP contribution in [0.2, 0.25) is 0 Å². The van der Waals surface area contributed by atoms with E-state index in [-0.39, 0.29) is 0 Å². The summed E-state index contributed by atoms with van der Waals surface area (Å²) in [5.74, 6) is 0.466. The Balaban J connectivity index is 2.16. The van der Waals surface area contributed by atoms with E-state index in [9.17, 15) is 0 Å². The van der Waals surface area contributed by atoms with Crippen molar-refractivity contribution in [2.75, 3.05) is 13.1 Å². The van der Waals surface area contributed by atoms with Gasteiger partial charge in [-0.05, 0) is 37.0 Å². The molecule has 0 aromatic carbocycles. The minimum Gasteiger partial charge on any atom is -0.314 e. The van der Waals surface area contributed by atoms with E-state index in [0.29, 0.717) is 12.0 Å². The molecule has 1 heterocycles. The van der Waals surface area contributed by atoms with Crippen molar-refractivity contribution in [3.63, 3.8) is 0 Å². The van der Waals surface area contributed by atoms with Gasteiger partial charge in [0.05, 0.1) is 10.6 Å². The normalized spacial score (nSPS) is 11.6. The Kier molecular flexibility index (Phi) is 6.62. The summed E-state index contributed by atoms with van der Waals surface area (Å²) >= 11 is 1.51. The van der Waals surface area contributed by atoms with Crippen molar-refractivity contribution in [2.24, 2.45) is 0 Å². The van der Waals surface area contributed by atoms with E-state index in [1.165, 1.54) is 16.4 Å². The van der Waals surface area contributed by atoms with E-state index in [0.717, 1.165) is 31.7 Å². The van der Waals surface area contributed by atoms with Gasteiger partial charge in [0.25, 0.3) is 0 Å². The third-order valence-corrected chi connectivity index (χ3v) is 3.24. The summed E-state index contributed by atoms with van der Waals surface area (Å²) in [4.78, 5) is 1.27. The second-order valence-corrected chi connectivity index (χ2v) is 5.71. The zero-order valence-corrected chi connectivity index (χ0v) is 12.1. The summed E-state index contributed by atoms with van der Waals surface area (Å²) in [7, 11) is 0. The molecule has 0 saturated carbocycles. The number of hydrogen-bond acceptors (Lipinski definition) is 5. The van der Waals surface area contributed by atoms with Crippen LogP contribution >= 0.6 is 11.5 Å². The molecule has 0 aliphatic heterocycles. The Morgan fingerprint density at radius 1 is 1.18 bits per heavy atom. The molecule has 0 aliphatic rings. The highest BCUT2D eigenvalue weighted by molar-refractivity contribution is 7.05. The summed E-state index contributed by atoms with van der Waals surface area (Å²) in [5.41, 5.74) is 1.14. The lowest BCUT2D eigenvalue weighted by molar-refractivity contribution is 0.547. The second-order valence-electron chi connectivity index (χ2n) is 4.88. The standard InChI is InChI=1S/C12H24N4S/c1-9(2)12-11(17-16-15-12)8-13-6-5-7-14-10(3)4/h9-10,13-14H,5-8H2,1-4H3. The van der Waals surface area contributed by atoms with Crippen LogP contribution in [0.4, 0.5) is 0 Å². The summed E-state index contributed by atoms with van der Waals surface area (Å²) in [6.07, 6.45) is 1.15. The zero-order valence-electron chi connectivity index (χ0n) is 11.3. The Bertz CT molecular complexity index is 309. The first-order valence-corrected chi connectivity index (χ1v) is 7.13. The fourth-order valence-corrected chi connectivity index (χ4v) is 2.35. The molecule has 17 heavy (non-hydrogen) atoms. The first kappa shape index (κ1) is 14.5. The molecule has 1 aromatic heterocycles. The first-order chi connectivity index (χ1) is 8.11. The molecule has 1 rings (SSSR count). The van der Waals surface area contributed by atoms with Gasteiger partial charge >= 0.3 is 0 Å². The van der Waals surface area contributed by atoms with E-state index in [2.05, 4.69) is 47.9 Å². The Labute approximate surface area is 108 Å². The number of rotatable bonds is 8. The van der Waals surface area contributed by atoms with Gasteiger partial charge < -0.3 is 10.6 Å². The summed E-state index contributed by atoms with van der Waals surface area (Å²) in [6.45, 7) is 11.7. The molecular formula is C12H24N4S. The first-order valence-electron chi connectivity index (χ1n) is 6.36. The number of nitrogens with zero attached hydrogens (tertiary/aromatic N) is 2. The van der Waals surface area contributed by atoms with E-state index in [4.69, 9.17) is 0 Å². The molecule has 0 spiro atoms. The van der Waals surface area contributed by atoms with Gasteiger partial charge in [-0.15, -0.1) is 5.10 Å². The molecular weight excluding hydrogens is 232 g/mol. The average Bonchev–Trinajstić information content (AvgIpc) is 2.71. The van der Waals surface area contributed by atoms with Gasteiger partial charge in [-0.1, -0.05) is 32.2 Å². The molecule has 0 aliphatic carbocycles. The Hall–Kier alpha value is -0.520. The number of aromatic nitrogens is 2. The van der Waals surface area contributed by atoms with E-state index >= 15 is 0 Å². The van der Waals surface area contributed by atoms with Gasteiger partial charge in [0.1, 0.15) is 0 Å². The number of hydrogen-bond donors (Lipinski definition) is 2. The van der Waals surface area contributed by atoms with E-state index in [1.807, 2.05) is 0 Å². The van der Waals surface area contributed by atoms with Gasteiger partial charge in [0.2, 0.25) is 0 Å². The molecule has 5 heteroatoms. The summed E-state index contributed by atoms with van der Waals surface area (Å²) in [5, 5.41) is 11.0. The van der Waals surface area contributed by atoms with Crippen LogP contribution in [0.1, 0.15) is 50.6 Å². The van der Waals surface area contributed by atoms with Crippen LogP contribution in [0.3, 0.4) is 0 Å². The van der Waals surface area contributed by atoms with Gasteiger partial charge in [-0.25, -0.2) is 0 Å². The molecule has 0 bridgehead atoms. The third-order valence-electron chi connectivity index (χ3n) is 2.50. The molecule has 0 fully saturated rings. The highest BCUT2D eigenvalue weighted by atomic mass is 32.1. The lowest BCUT2D eigenvalue weighted by atomic mass is 10.1. The van der Waals surface area contributed by atoms with Crippen LogP contribution in [-0.2, 0) is 6.54 Å². The maximum atomic E-state index is 4.17. The third kappa shape index (κ3) is 5.57. The quantitative estimate of drug-likeness (QED) is 0.700. The van der Waals surface area contributed by atoms with Crippen LogP contribution in [0.15, 0.2) is 0 Å². The fraction of sp³-hybridized carbons (Fsp3) is 0.833. The Morgan fingerprint density at radius 3 is 2.59 bits per heavy atom. The second kappa shape index (κ2) is 7.74. The van der Waals surface area contributed by atoms with Crippen molar-refractivity contribution in [1.29, 1.82) is 0 Å². The molecule has 4 nitrogen and oxygen atoms in total. The van der Waals surface area contributed by atoms with Crippen LogP contribution in [0, 0.1) is 0 Å². The smallest absolute Gasteiger partial charge is 0.0826 e. The van der Waals surface area contributed by atoms with Crippen LogP contribution in [0.5, 0.6) is 0 Å². The van der Waals surface area contributed by atoms with Gasteiger partial charge in [0, 0.05) is 12.6 Å². The molecule has 2 N–H and O–H groups in total. The zero-order chi connectivity index (χ0) is 12.7. The Morgan fingerprint density at radius 2 is 1.94 bits per heavy atom. The molecule has 0 saturated heterocycles. The minimum absolute atomic E-state index is 0.466. The van der Waals surface area contributed by atoms with Crippen LogP contribution < -0.4 is 10.6 Å². The fourth-order valence-electron chi connectivity index (χ4n) is 1.58. The van der Waals surface area contributed by atoms with Crippen LogP contribution in [0.25, 0.3) is 0 Å². The maximum absolute atomic E-state index is 4.17. The molecule has 0 atom stereocenters. The highest BCUT2D eigenvalue weighted by Crippen LogP contribution is 2.19. The minimum atomic E-state index is 0.466. The van der Waals surface area contributed by atoms with Crippen molar-refractivity contribution >= 4 is 11.5 Å². The molecule has 0 amide bonds. The lowest BCUT2D eigenvalue weighted by Gasteiger charge is -2.08. The summed E-state index contributed by atoms with van der Waals surface area (Å²) < 4.78 is 4.02. The summed E-state index contributed by atoms with van der Waals surface area (Å²) in [6, 6.07) is 0.577. The monoisotopic (exact) mass is 256 g/mol. The SMILES string of the molecule is CC(C)NCCCNCc1snnc1C(C)C. The van der Waals surface area contributed by atoms with Crippen molar-refractivity contribution in [3.8, 4) is 0 Å². The van der Waals surface area contributed by atoms with Crippen LogP contribution in [-0.4, -0.2) is 28.7 Å². The van der Waals surface area contributed by atoms with Gasteiger partial charge in [-0.2, -0.15) is 0 Å². The maximum Gasteiger partial charge on any atom is 0.0826 e. The molecule has 98 valence electrons. The molecule has 0 unspecified atom stereocenters. The molecule has 1 aromatic rings. The molecule has 0 radical (unpaired) electrons. The van der Waals surface area contributed by atoms with Crippen molar-refractivity contribution in [2.45, 2.75) is 52.6 Å². The topological polar surface area (TPSA) is 49.8 Å². The lowest BCUT2D eigenvalue weighted by Crippen LogP contribution is -2.26. The average molecular weight is 256 g/mol. The number of nitrogens with one attached hydrogen (secondary N) is 2. The predicted molar refractivity (Wildman–Crippen MR) is 73.5 cm³/mol. The van der Waals surface area contributed by atoms with Gasteiger partial charge in [-0.3, -0.25) is 0 Å². The van der Waals surface area contributed by atoms with Crippen molar-refractivity contribution < 1.29 is 0 Å². The highest BCUT2D eigenvalue weighted by Gasteiger charge is 2.10. The largest absolute Gasteiger partial charge is 0.314 e.